The van der Waals surface area contributed by atoms with Crippen molar-refractivity contribution >= 4 is 33.6 Å². The van der Waals surface area contributed by atoms with E-state index in [1.807, 2.05) is 57.2 Å². The number of carbonyl (C=O) groups excluding carboxylic acids is 1. The second-order valence-corrected chi connectivity index (χ2v) is 6.17. The lowest BCUT2D eigenvalue weighted by Crippen LogP contribution is -2.09. The van der Waals surface area contributed by atoms with Crippen molar-refractivity contribution in [1.29, 1.82) is 0 Å². The monoisotopic (exact) mass is 373 g/mol. The zero-order valence-electron chi connectivity index (χ0n) is 13.5. The Morgan fingerprint density at radius 3 is 2.70 bits per heavy atom. The van der Waals surface area contributed by atoms with Crippen molar-refractivity contribution in [2.75, 3.05) is 11.9 Å². The summed E-state index contributed by atoms with van der Waals surface area (Å²) in [6, 6.07) is 11.7. The van der Waals surface area contributed by atoms with E-state index in [1.54, 1.807) is 6.08 Å². The molecule has 1 N–H and O–H groups in total. The molecule has 0 aromatic heterocycles. The van der Waals surface area contributed by atoms with Gasteiger partial charge in [0.05, 0.1) is 6.61 Å². The Kier molecular flexibility index (Phi) is 5.99. The van der Waals surface area contributed by atoms with Gasteiger partial charge in [-0.25, -0.2) is 0 Å². The van der Waals surface area contributed by atoms with E-state index >= 15 is 0 Å². The van der Waals surface area contributed by atoms with E-state index in [-0.39, 0.29) is 5.91 Å². The SMILES string of the molecule is CCOc1ccc(Br)cc1/C=C/C(=O)Nc1ccc(C)cc1C. The van der Waals surface area contributed by atoms with Crippen LogP contribution in [0.5, 0.6) is 5.75 Å². The van der Waals surface area contributed by atoms with Crippen molar-refractivity contribution in [2.45, 2.75) is 20.8 Å². The first kappa shape index (κ1) is 17.3. The number of aryl methyl sites for hydroxylation is 2. The third-order valence-electron chi connectivity index (χ3n) is 3.33. The van der Waals surface area contributed by atoms with Gasteiger partial charge in [0.25, 0.3) is 0 Å². The zero-order valence-corrected chi connectivity index (χ0v) is 15.1. The zero-order chi connectivity index (χ0) is 16.8. The second kappa shape index (κ2) is 7.97. The van der Waals surface area contributed by atoms with E-state index in [4.69, 9.17) is 4.74 Å². The van der Waals surface area contributed by atoms with Gasteiger partial charge in [-0.2, -0.15) is 0 Å². The molecule has 4 heteroatoms. The van der Waals surface area contributed by atoms with Crippen LogP contribution in [0.3, 0.4) is 0 Å². The molecule has 0 radical (unpaired) electrons. The molecule has 0 unspecified atom stereocenters. The summed E-state index contributed by atoms with van der Waals surface area (Å²) in [7, 11) is 0. The van der Waals surface area contributed by atoms with Gasteiger partial charge >= 0.3 is 0 Å². The lowest BCUT2D eigenvalue weighted by Gasteiger charge is -2.08. The van der Waals surface area contributed by atoms with Gasteiger partial charge in [0, 0.05) is 21.8 Å². The number of carbonyl (C=O) groups is 1. The topological polar surface area (TPSA) is 38.3 Å². The molecule has 0 aliphatic carbocycles. The highest BCUT2D eigenvalue weighted by atomic mass is 79.9. The molecule has 0 saturated heterocycles. The van der Waals surface area contributed by atoms with Crippen LogP contribution in [0.2, 0.25) is 0 Å². The number of anilines is 1. The molecule has 0 aliphatic rings. The summed E-state index contributed by atoms with van der Waals surface area (Å²) in [6.07, 6.45) is 3.28. The van der Waals surface area contributed by atoms with E-state index < -0.39 is 0 Å². The van der Waals surface area contributed by atoms with Gasteiger partial charge in [0.1, 0.15) is 5.75 Å². The minimum atomic E-state index is -0.167. The van der Waals surface area contributed by atoms with Crippen LogP contribution in [0, 0.1) is 13.8 Å². The van der Waals surface area contributed by atoms with Gasteiger partial charge in [0.15, 0.2) is 0 Å². The first-order valence-electron chi connectivity index (χ1n) is 7.48. The fourth-order valence-electron chi connectivity index (χ4n) is 2.23. The average Bonchev–Trinajstić information content (AvgIpc) is 2.50. The third kappa shape index (κ3) is 4.96. The Bertz CT molecular complexity index is 738. The molecule has 0 heterocycles. The summed E-state index contributed by atoms with van der Waals surface area (Å²) in [5.74, 6) is 0.589. The van der Waals surface area contributed by atoms with E-state index in [2.05, 4.69) is 21.2 Å². The van der Waals surface area contributed by atoms with Crippen LogP contribution >= 0.6 is 15.9 Å². The third-order valence-corrected chi connectivity index (χ3v) is 3.82. The number of hydrogen-bond acceptors (Lipinski definition) is 2. The molecule has 1 amide bonds. The fourth-order valence-corrected chi connectivity index (χ4v) is 2.61. The molecule has 0 fully saturated rings. The number of benzene rings is 2. The molecule has 0 bridgehead atoms. The van der Waals surface area contributed by atoms with E-state index in [0.717, 1.165) is 27.0 Å². The van der Waals surface area contributed by atoms with Gasteiger partial charge in [-0.3, -0.25) is 4.79 Å². The van der Waals surface area contributed by atoms with Gasteiger partial charge in [-0.05, 0) is 56.7 Å². The Balaban J connectivity index is 2.13. The predicted octanol–water partition coefficient (Wildman–Crippen LogP) is 5.12. The molecule has 2 aromatic rings. The standard InChI is InChI=1S/C19H20BrNO2/c1-4-23-18-9-7-16(20)12-15(18)6-10-19(22)21-17-8-5-13(2)11-14(17)3/h5-12H,4H2,1-3H3,(H,21,22)/b10-6+. The highest BCUT2D eigenvalue weighted by Gasteiger charge is 2.04. The van der Waals surface area contributed by atoms with Crippen LogP contribution in [-0.4, -0.2) is 12.5 Å². The Morgan fingerprint density at radius 1 is 1.22 bits per heavy atom. The van der Waals surface area contributed by atoms with Crippen LogP contribution in [-0.2, 0) is 4.79 Å². The van der Waals surface area contributed by atoms with Crippen molar-refractivity contribution in [3.05, 3.63) is 63.6 Å². The van der Waals surface area contributed by atoms with Crippen molar-refractivity contribution in [2.24, 2.45) is 0 Å². The van der Waals surface area contributed by atoms with Crippen LogP contribution in [0.25, 0.3) is 6.08 Å². The normalized spacial score (nSPS) is 10.8. The lowest BCUT2D eigenvalue weighted by molar-refractivity contribution is -0.111. The molecule has 3 nitrogen and oxygen atoms in total. The molecular formula is C19H20BrNO2. The van der Waals surface area contributed by atoms with Crippen LogP contribution in [0.15, 0.2) is 46.9 Å². The number of nitrogens with one attached hydrogen (secondary N) is 1. The number of ether oxygens (including phenoxy) is 1. The van der Waals surface area contributed by atoms with E-state index in [0.29, 0.717) is 6.61 Å². The molecule has 120 valence electrons. The summed E-state index contributed by atoms with van der Waals surface area (Å²) < 4.78 is 6.51. The van der Waals surface area contributed by atoms with Crippen molar-refractivity contribution in [1.82, 2.24) is 0 Å². The first-order chi connectivity index (χ1) is 11.0. The molecule has 0 spiro atoms. The van der Waals surface area contributed by atoms with Gasteiger partial charge < -0.3 is 10.1 Å². The Hall–Kier alpha value is -2.07. The molecule has 23 heavy (non-hydrogen) atoms. The smallest absolute Gasteiger partial charge is 0.248 e. The largest absolute Gasteiger partial charge is 0.493 e. The van der Waals surface area contributed by atoms with E-state index in [9.17, 15) is 4.79 Å². The first-order valence-corrected chi connectivity index (χ1v) is 8.27. The molecule has 2 aromatic carbocycles. The Labute approximate surface area is 145 Å². The summed E-state index contributed by atoms with van der Waals surface area (Å²) in [5.41, 5.74) is 3.90. The fraction of sp³-hybridized carbons (Fsp3) is 0.211. The predicted molar refractivity (Wildman–Crippen MR) is 98.9 cm³/mol. The summed E-state index contributed by atoms with van der Waals surface area (Å²) >= 11 is 3.43. The molecular weight excluding hydrogens is 354 g/mol. The maximum absolute atomic E-state index is 12.1. The van der Waals surface area contributed by atoms with Crippen molar-refractivity contribution in [3.63, 3.8) is 0 Å². The highest BCUT2D eigenvalue weighted by molar-refractivity contribution is 9.10. The molecule has 0 saturated carbocycles. The van der Waals surface area contributed by atoms with Crippen LogP contribution in [0.4, 0.5) is 5.69 Å². The van der Waals surface area contributed by atoms with Crippen LogP contribution in [0.1, 0.15) is 23.6 Å². The molecule has 0 aliphatic heterocycles. The summed E-state index contributed by atoms with van der Waals surface area (Å²) in [5, 5.41) is 2.90. The number of rotatable bonds is 5. The minimum absolute atomic E-state index is 0.167. The average molecular weight is 374 g/mol. The number of amides is 1. The minimum Gasteiger partial charge on any atom is -0.493 e. The van der Waals surface area contributed by atoms with Gasteiger partial charge in [0.2, 0.25) is 5.91 Å². The summed E-state index contributed by atoms with van der Waals surface area (Å²) in [6.45, 7) is 6.52. The molecule has 0 atom stereocenters. The van der Waals surface area contributed by atoms with Gasteiger partial charge in [-0.1, -0.05) is 33.6 Å². The number of hydrogen-bond donors (Lipinski definition) is 1. The maximum atomic E-state index is 12.1. The lowest BCUT2D eigenvalue weighted by atomic mass is 10.1. The maximum Gasteiger partial charge on any atom is 0.248 e. The van der Waals surface area contributed by atoms with Gasteiger partial charge in [-0.15, -0.1) is 0 Å². The highest BCUT2D eigenvalue weighted by Crippen LogP contribution is 2.24. The van der Waals surface area contributed by atoms with Crippen LogP contribution < -0.4 is 10.1 Å². The van der Waals surface area contributed by atoms with E-state index in [1.165, 1.54) is 11.6 Å². The Morgan fingerprint density at radius 2 is 2.00 bits per heavy atom. The second-order valence-electron chi connectivity index (χ2n) is 5.26. The van der Waals surface area contributed by atoms with Crippen molar-refractivity contribution < 1.29 is 9.53 Å². The number of halogens is 1. The quantitative estimate of drug-likeness (QED) is 0.738. The van der Waals surface area contributed by atoms with Crippen molar-refractivity contribution in [3.8, 4) is 5.75 Å². The molecule has 2 rings (SSSR count). The summed E-state index contributed by atoms with van der Waals surface area (Å²) in [4.78, 5) is 12.1.